The van der Waals surface area contributed by atoms with Crippen LogP contribution in [-0.4, -0.2) is 53.3 Å². The summed E-state index contributed by atoms with van der Waals surface area (Å²) < 4.78 is 21.0. The minimum absolute atomic E-state index is 0.0806. The Labute approximate surface area is 119 Å². The van der Waals surface area contributed by atoms with Crippen LogP contribution in [0.15, 0.2) is 12.1 Å². The zero-order valence-corrected chi connectivity index (χ0v) is 12.4. The quantitative estimate of drug-likeness (QED) is 0.659. The molecule has 1 aromatic carbocycles. The number of rotatable bonds is 9. The van der Waals surface area contributed by atoms with E-state index in [-0.39, 0.29) is 12.6 Å². The highest BCUT2D eigenvalue weighted by molar-refractivity contribution is 5.52. The predicted molar refractivity (Wildman–Crippen MR) is 75.8 cm³/mol. The Bertz CT molecular complexity index is 386. The van der Waals surface area contributed by atoms with Gasteiger partial charge < -0.3 is 29.4 Å². The van der Waals surface area contributed by atoms with Crippen molar-refractivity contribution in [2.24, 2.45) is 0 Å². The molecule has 0 fully saturated rings. The van der Waals surface area contributed by atoms with E-state index in [1.165, 1.54) is 0 Å². The Morgan fingerprint density at radius 2 is 1.65 bits per heavy atom. The first-order valence-corrected chi connectivity index (χ1v) is 6.34. The first-order chi connectivity index (χ1) is 9.71. The summed E-state index contributed by atoms with van der Waals surface area (Å²) in [6, 6.07) is 3.22. The second-order valence-electron chi connectivity index (χ2n) is 4.13. The molecule has 6 nitrogen and oxygen atoms in total. The fraction of sp³-hybridized carbons (Fsp3) is 0.571. The van der Waals surface area contributed by atoms with E-state index in [0.717, 1.165) is 5.56 Å². The number of methoxy groups -OCH3 is 4. The maximum atomic E-state index is 9.60. The Balaban J connectivity index is 3.10. The van der Waals surface area contributed by atoms with Gasteiger partial charge in [-0.05, 0) is 0 Å². The average Bonchev–Trinajstić information content (AvgIpc) is 2.50. The summed E-state index contributed by atoms with van der Waals surface area (Å²) in [7, 11) is 6.35. The van der Waals surface area contributed by atoms with E-state index in [1.54, 1.807) is 40.6 Å². The molecule has 1 rings (SSSR count). The number of benzene rings is 1. The highest BCUT2D eigenvalue weighted by Gasteiger charge is 2.21. The predicted octanol–water partition coefficient (Wildman–Crippen LogP) is 0.982. The van der Waals surface area contributed by atoms with Crippen molar-refractivity contribution < 1.29 is 24.1 Å². The molecular formula is C14H23NO5. The molecule has 0 saturated carbocycles. The number of ether oxygens (including phenoxy) is 4. The van der Waals surface area contributed by atoms with Gasteiger partial charge in [0.2, 0.25) is 0 Å². The summed E-state index contributed by atoms with van der Waals surface area (Å²) in [6.45, 7) is 1.08. The Morgan fingerprint density at radius 3 is 2.05 bits per heavy atom. The summed E-state index contributed by atoms with van der Waals surface area (Å²) in [4.78, 5) is 0. The number of aliphatic hydroxyl groups is 1. The van der Waals surface area contributed by atoms with Crippen LogP contribution < -0.4 is 19.5 Å². The summed E-state index contributed by atoms with van der Waals surface area (Å²) in [6.07, 6.45) is 0. The molecule has 2 N–H and O–H groups in total. The fourth-order valence-corrected chi connectivity index (χ4v) is 1.97. The van der Waals surface area contributed by atoms with Crippen molar-refractivity contribution in [1.29, 1.82) is 0 Å². The van der Waals surface area contributed by atoms with Gasteiger partial charge in [0.05, 0.1) is 46.1 Å². The molecule has 1 aromatic rings. The lowest BCUT2D eigenvalue weighted by atomic mass is 10.0. The van der Waals surface area contributed by atoms with Gasteiger partial charge in [0.25, 0.3) is 0 Å². The van der Waals surface area contributed by atoms with Crippen molar-refractivity contribution in [1.82, 2.24) is 5.32 Å². The van der Waals surface area contributed by atoms with E-state index in [0.29, 0.717) is 30.4 Å². The van der Waals surface area contributed by atoms with Gasteiger partial charge in [-0.1, -0.05) is 0 Å². The van der Waals surface area contributed by atoms with Gasteiger partial charge in [-0.3, -0.25) is 0 Å². The van der Waals surface area contributed by atoms with Crippen LogP contribution in [-0.2, 0) is 4.74 Å². The Kier molecular flexibility index (Phi) is 7.14. The highest BCUT2D eigenvalue weighted by atomic mass is 16.5. The molecule has 0 amide bonds. The van der Waals surface area contributed by atoms with Gasteiger partial charge in [0.15, 0.2) is 0 Å². The van der Waals surface area contributed by atoms with Gasteiger partial charge in [-0.2, -0.15) is 0 Å². The fourth-order valence-electron chi connectivity index (χ4n) is 1.97. The zero-order valence-electron chi connectivity index (χ0n) is 12.4. The van der Waals surface area contributed by atoms with E-state index in [9.17, 15) is 5.11 Å². The minimum atomic E-state index is -0.305. The molecular weight excluding hydrogens is 262 g/mol. The van der Waals surface area contributed by atoms with Gasteiger partial charge >= 0.3 is 0 Å². The molecule has 0 radical (unpaired) electrons. The first kappa shape index (κ1) is 16.6. The zero-order chi connectivity index (χ0) is 15.0. The van der Waals surface area contributed by atoms with Crippen molar-refractivity contribution in [3.05, 3.63) is 17.7 Å². The smallest absolute Gasteiger partial charge is 0.131 e. The van der Waals surface area contributed by atoms with E-state index in [2.05, 4.69) is 5.32 Å². The monoisotopic (exact) mass is 285 g/mol. The molecule has 1 atom stereocenters. The van der Waals surface area contributed by atoms with Crippen LogP contribution in [0.1, 0.15) is 11.6 Å². The van der Waals surface area contributed by atoms with Crippen molar-refractivity contribution in [2.75, 3.05) is 48.2 Å². The van der Waals surface area contributed by atoms with Gasteiger partial charge in [-0.15, -0.1) is 0 Å². The largest absolute Gasteiger partial charge is 0.496 e. The molecule has 114 valence electrons. The van der Waals surface area contributed by atoms with Gasteiger partial charge in [-0.25, -0.2) is 0 Å². The van der Waals surface area contributed by atoms with E-state index in [4.69, 9.17) is 18.9 Å². The first-order valence-electron chi connectivity index (χ1n) is 6.34. The molecule has 0 bridgehead atoms. The number of hydrogen-bond acceptors (Lipinski definition) is 6. The second kappa shape index (κ2) is 8.63. The molecule has 0 spiro atoms. The molecule has 0 aliphatic carbocycles. The summed E-state index contributed by atoms with van der Waals surface area (Å²) >= 11 is 0. The van der Waals surface area contributed by atoms with Crippen LogP contribution in [0.25, 0.3) is 0 Å². The van der Waals surface area contributed by atoms with Crippen molar-refractivity contribution in [2.45, 2.75) is 6.04 Å². The maximum absolute atomic E-state index is 9.60. The Hall–Kier alpha value is -1.50. The van der Waals surface area contributed by atoms with Crippen LogP contribution in [0, 0.1) is 0 Å². The topological polar surface area (TPSA) is 69.2 Å². The average molecular weight is 285 g/mol. The third kappa shape index (κ3) is 4.00. The number of aliphatic hydroxyl groups excluding tert-OH is 1. The van der Waals surface area contributed by atoms with Crippen molar-refractivity contribution in [3.8, 4) is 17.2 Å². The standard InChI is InChI=1S/C14H23NO5/c1-17-6-5-15-11(9-16)14-12(19-3)7-10(18-2)8-13(14)20-4/h7-8,11,15-16H,5-6,9H2,1-4H3. The normalized spacial score (nSPS) is 12.1. The second-order valence-corrected chi connectivity index (χ2v) is 4.13. The summed E-state index contributed by atoms with van der Waals surface area (Å²) in [5, 5.41) is 12.8. The van der Waals surface area contributed by atoms with Crippen LogP contribution >= 0.6 is 0 Å². The number of hydrogen-bond donors (Lipinski definition) is 2. The molecule has 0 aliphatic rings. The number of nitrogens with one attached hydrogen (secondary N) is 1. The lowest BCUT2D eigenvalue weighted by molar-refractivity contribution is 0.182. The summed E-state index contributed by atoms with van der Waals surface area (Å²) in [5.41, 5.74) is 0.759. The SMILES string of the molecule is COCCNC(CO)c1c(OC)cc(OC)cc1OC. The maximum Gasteiger partial charge on any atom is 0.131 e. The van der Waals surface area contributed by atoms with Crippen molar-refractivity contribution in [3.63, 3.8) is 0 Å². The van der Waals surface area contributed by atoms with Gasteiger partial charge in [0, 0.05) is 25.8 Å². The molecule has 0 aromatic heterocycles. The van der Waals surface area contributed by atoms with Crippen LogP contribution in [0.4, 0.5) is 0 Å². The van der Waals surface area contributed by atoms with Crippen LogP contribution in [0.2, 0.25) is 0 Å². The Morgan fingerprint density at radius 1 is 1.05 bits per heavy atom. The summed E-state index contributed by atoms with van der Waals surface area (Å²) in [5.74, 6) is 1.84. The lowest BCUT2D eigenvalue weighted by Crippen LogP contribution is -2.28. The third-order valence-electron chi connectivity index (χ3n) is 2.98. The van der Waals surface area contributed by atoms with E-state index >= 15 is 0 Å². The van der Waals surface area contributed by atoms with Gasteiger partial charge in [0.1, 0.15) is 17.2 Å². The molecule has 1 unspecified atom stereocenters. The molecule has 0 saturated heterocycles. The van der Waals surface area contributed by atoms with Crippen LogP contribution in [0.3, 0.4) is 0 Å². The van der Waals surface area contributed by atoms with E-state index < -0.39 is 0 Å². The molecule has 20 heavy (non-hydrogen) atoms. The third-order valence-corrected chi connectivity index (χ3v) is 2.98. The van der Waals surface area contributed by atoms with E-state index in [1.807, 2.05) is 0 Å². The lowest BCUT2D eigenvalue weighted by Gasteiger charge is -2.22. The molecule has 6 heteroatoms. The minimum Gasteiger partial charge on any atom is -0.496 e. The highest BCUT2D eigenvalue weighted by Crippen LogP contribution is 2.38. The molecule has 0 aliphatic heterocycles. The van der Waals surface area contributed by atoms with Crippen molar-refractivity contribution >= 4 is 0 Å². The molecule has 0 heterocycles. The van der Waals surface area contributed by atoms with Crippen LogP contribution in [0.5, 0.6) is 17.2 Å².